The summed E-state index contributed by atoms with van der Waals surface area (Å²) < 4.78 is 2.46. The number of nitrogens with one attached hydrogen (secondary N) is 1. The van der Waals surface area contributed by atoms with Gasteiger partial charge in [0.05, 0.1) is 6.10 Å². The van der Waals surface area contributed by atoms with E-state index in [1.54, 1.807) is 7.05 Å². The van der Waals surface area contributed by atoms with Crippen LogP contribution in [0.3, 0.4) is 0 Å². The van der Waals surface area contributed by atoms with Gasteiger partial charge in [0.15, 0.2) is 0 Å². The van der Waals surface area contributed by atoms with Crippen molar-refractivity contribution in [3.05, 3.63) is 68.5 Å². The molecule has 0 aliphatic heterocycles. The molecule has 23 heavy (non-hydrogen) atoms. The second kappa shape index (κ2) is 7.39. The summed E-state index contributed by atoms with van der Waals surface area (Å²) in [7, 11) is 3.07. The molecule has 6 heteroatoms. The van der Waals surface area contributed by atoms with Crippen LogP contribution >= 0.6 is 0 Å². The van der Waals surface area contributed by atoms with Gasteiger partial charge in [-0.15, -0.1) is 0 Å². The Morgan fingerprint density at radius 3 is 2.48 bits per heavy atom. The lowest BCUT2D eigenvalue weighted by Gasteiger charge is -2.20. The summed E-state index contributed by atoms with van der Waals surface area (Å²) in [4.78, 5) is 23.7. The molecule has 124 valence electrons. The maximum Gasteiger partial charge on any atom is 0.330 e. The summed E-state index contributed by atoms with van der Waals surface area (Å²) in [6.45, 7) is 2.17. The van der Waals surface area contributed by atoms with E-state index in [-0.39, 0.29) is 17.3 Å². The monoisotopic (exact) mass is 317 g/mol. The average Bonchev–Trinajstić information content (AvgIpc) is 2.55. The van der Waals surface area contributed by atoms with E-state index in [2.05, 4.69) is 5.32 Å². The summed E-state index contributed by atoms with van der Waals surface area (Å²) in [5.41, 5.74) is 0.890. The molecule has 0 amide bonds. The Hall–Kier alpha value is -2.18. The standard InChI is InChI=1S/C17H23N3O3/c1-12(15(21)9-13-7-5-4-6-8-13)18-10-14-11-19(2)17(23)20(3)16(14)22/h4-8,11-12,15,18,21H,9-10H2,1-3H3. The Balaban J connectivity index is 2.00. The van der Waals surface area contributed by atoms with Crippen LogP contribution in [0.5, 0.6) is 0 Å². The zero-order valence-corrected chi connectivity index (χ0v) is 13.7. The Labute approximate surface area is 135 Å². The number of rotatable bonds is 6. The molecule has 0 aliphatic rings. The minimum Gasteiger partial charge on any atom is -0.391 e. The Kier molecular flexibility index (Phi) is 5.52. The van der Waals surface area contributed by atoms with Gasteiger partial charge in [0.2, 0.25) is 0 Å². The fraction of sp³-hybridized carbons (Fsp3) is 0.412. The van der Waals surface area contributed by atoms with E-state index in [0.717, 1.165) is 10.1 Å². The number of nitrogens with zero attached hydrogens (tertiary/aromatic N) is 2. The molecule has 1 heterocycles. The average molecular weight is 317 g/mol. The van der Waals surface area contributed by atoms with Gasteiger partial charge < -0.3 is 15.0 Å². The van der Waals surface area contributed by atoms with Gasteiger partial charge in [-0.2, -0.15) is 0 Å². The van der Waals surface area contributed by atoms with Crippen LogP contribution in [0.25, 0.3) is 0 Å². The molecular formula is C17H23N3O3. The lowest BCUT2D eigenvalue weighted by atomic mass is 10.0. The fourth-order valence-electron chi connectivity index (χ4n) is 2.44. The molecule has 6 nitrogen and oxygen atoms in total. The van der Waals surface area contributed by atoms with Crippen molar-refractivity contribution in [3.63, 3.8) is 0 Å². The SMILES string of the molecule is CC(NCc1cn(C)c(=O)n(C)c1=O)C(O)Cc1ccccc1. The van der Waals surface area contributed by atoms with E-state index in [1.165, 1.54) is 17.8 Å². The Morgan fingerprint density at radius 2 is 1.83 bits per heavy atom. The van der Waals surface area contributed by atoms with Gasteiger partial charge in [-0.05, 0) is 18.9 Å². The fourth-order valence-corrected chi connectivity index (χ4v) is 2.44. The number of hydrogen-bond donors (Lipinski definition) is 2. The molecule has 0 bridgehead atoms. The third-order valence-electron chi connectivity index (χ3n) is 4.00. The second-order valence-corrected chi connectivity index (χ2v) is 5.84. The minimum absolute atomic E-state index is 0.183. The summed E-state index contributed by atoms with van der Waals surface area (Å²) in [5, 5.41) is 13.4. The summed E-state index contributed by atoms with van der Waals surface area (Å²) in [5.74, 6) is 0. The molecule has 2 aromatic rings. The van der Waals surface area contributed by atoms with E-state index in [1.807, 2.05) is 37.3 Å². The third kappa shape index (κ3) is 4.18. The van der Waals surface area contributed by atoms with Gasteiger partial charge >= 0.3 is 5.69 Å². The van der Waals surface area contributed by atoms with Crippen LogP contribution in [-0.4, -0.2) is 26.4 Å². The highest BCUT2D eigenvalue weighted by Crippen LogP contribution is 2.06. The maximum absolute atomic E-state index is 12.1. The molecule has 1 aromatic carbocycles. The zero-order chi connectivity index (χ0) is 17.0. The van der Waals surface area contributed by atoms with Gasteiger partial charge in [0.1, 0.15) is 0 Å². The first kappa shape index (κ1) is 17.2. The molecule has 0 spiro atoms. The molecule has 2 N–H and O–H groups in total. The first-order valence-corrected chi connectivity index (χ1v) is 7.61. The smallest absolute Gasteiger partial charge is 0.330 e. The van der Waals surface area contributed by atoms with E-state index < -0.39 is 6.10 Å². The minimum atomic E-state index is -0.561. The zero-order valence-electron chi connectivity index (χ0n) is 13.7. The molecule has 2 atom stereocenters. The topological polar surface area (TPSA) is 76.3 Å². The van der Waals surface area contributed by atoms with Crippen LogP contribution in [0, 0.1) is 0 Å². The normalized spacial score (nSPS) is 13.7. The summed E-state index contributed by atoms with van der Waals surface area (Å²) in [6.07, 6.45) is 1.52. The Morgan fingerprint density at radius 1 is 1.17 bits per heavy atom. The summed E-state index contributed by atoms with van der Waals surface area (Å²) >= 11 is 0. The van der Waals surface area contributed by atoms with Crippen molar-refractivity contribution in [2.45, 2.75) is 32.0 Å². The first-order valence-electron chi connectivity index (χ1n) is 7.61. The van der Waals surface area contributed by atoms with Crippen LogP contribution < -0.4 is 16.6 Å². The van der Waals surface area contributed by atoms with E-state index >= 15 is 0 Å². The number of benzene rings is 1. The highest BCUT2D eigenvalue weighted by atomic mass is 16.3. The molecule has 2 unspecified atom stereocenters. The molecule has 0 radical (unpaired) electrons. The van der Waals surface area contributed by atoms with Gasteiger partial charge in [-0.1, -0.05) is 30.3 Å². The van der Waals surface area contributed by atoms with E-state index in [9.17, 15) is 14.7 Å². The third-order valence-corrected chi connectivity index (χ3v) is 4.00. The van der Waals surface area contributed by atoms with Crippen molar-refractivity contribution in [3.8, 4) is 0 Å². The molecule has 0 saturated heterocycles. The van der Waals surface area contributed by atoms with Gasteiger partial charge in [-0.3, -0.25) is 9.36 Å². The quantitative estimate of drug-likeness (QED) is 0.796. The van der Waals surface area contributed by atoms with Crippen molar-refractivity contribution in [2.75, 3.05) is 0 Å². The molecule has 2 rings (SSSR count). The van der Waals surface area contributed by atoms with Crippen LogP contribution in [0.1, 0.15) is 18.1 Å². The van der Waals surface area contributed by atoms with Crippen LogP contribution in [-0.2, 0) is 27.1 Å². The highest BCUT2D eigenvalue weighted by Gasteiger charge is 2.15. The molecule has 1 aromatic heterocycles. The van der Waals surface area contributed by atoms with Gasteiger partial charge in [-0.25, -0.2) is 4.79 Å². The molecular weight excluding hydrogens is 294 g/mol. The van der Waals surface area contributed by atoms with Crippen molar-refractivity contribution in [2.24, 2.45) is 14.1 Å². The van der Waals surface area contributed by atoms with Crippen LogP contribution in [0.2, 0.25) is 0 Å². The lowest BCUT2D eigenvalue weighted by Crippen LogP contribution is -2.42. The number of aliphatic hydroxyl groups excluding tert-OH is 1. The lowest BCUT2D eigenvalue weighted by molar-refractivity contribution is 0.134. The van der Waals surface area contributed by atoms with Crippen LogP contribution in [0.4, 0.5) is 0 Å². The van der Waals surface area contributed by atoms with Gasteiger partial charge in [0.25, 0.3) is 5.56 Å². The number of aryl methyl sites for hydroxylation is 1. The Bertz CT molecular complexity index is 765. The summed E-state index contributed by atoms with van der Waals surface area (Å²) in [6, 6.07) is 9.57. The highest BCUT2D eigenvalue weighted by molar-refractivity contribution is 5.16. The first-order chi connectivity index (χ1) is 10.9. The van der Waals surface area contributed by atoms with E-state index in [0.29, 0.717) is 18.5 Å². The maximum atomic E-state index is 12.1. The molecule has 0 aliphatic carbocycles. The predicted molar refractivity (Wildman–Crippen MR) is 89.4 cm³/mol. The van der Waals surface area contributed by atoms with Crippen molar-refractivity contribution >= 4 is 0 Å². The second-order valence-electron chi connectivity index (χ2n) is 5.84. The predicted octanol–water partition coefficient (Wildman–Crippen LogP) is 0.166. The van der Waals surface area contributed by atoms with Crippen molar-refractivity contribution < 1.29 is 5.11 Å². The van der Waals surface area contributed by atoms with Gasteiger partial charge in [0, 0.05) is 38.4 Å². The number of aromatic nitrogens is 2. The largest absolute Gasteiger partial charge is 0.391 e. The molecule has 0 fully saturated rings. The molecule has 0 saturated carbocycles. The van der Waals surface area contributed by atoms with Crippen molar-refractivity contribution in [1.82, 2.24) is 14.5 Å². The van der Waals surface area contributed by atoms with E-state index in [4.69, 9.17) is 0 Å². The number of aliphatic hydroxyl groups is 1. The van der Waals surface area contributed by atoms with Crippen LogP contribution in [0.15, 0.2) is 46.1 Å². The van der Waals surface area contributed by atoms with Crippen molar-refractivity contribution in [1.29, 1.82) is 0 Å². The number of hydrogen-bond acceptors (Lipinski definition) is 4.